The zero-order chi connectivity index (χ0) is 9.71. The number of benzene rings is 1. The highest BCUT2D eigenvalue weighted by Gasteiger charge is 2.22. The first-order valence-corrected chi connectivity index (χ1v) is 5.23. The quantitative estimate of drug-likeness (QED) is 0.610. The Kier molecular flexibility index (Phi) is 1.70. The van der Waals surface area contributed by atoms with E-state index in [1.54, 1.807) is 22.3 Å². The molecular formula is C12H16N2. The fourth-order valence-corrected chi connectivity index (χ4v) is 2.66. The third kappa shape index (κ3) is 1.18. The molecule has 0 N–H and O–H groups in total. The van der Waals surface area contributed by atoms with Gasteiger partial charge in [0.15, 0.2) is 0 Å². The number of nitrogens with zero attached hydrogens (tertiary/aromatic N) is 2. The van der Waals surface area contributed by atoms with Crippen LogP contribution in [0, 0.1) is 0 Å². The topological polar surface area (TPSA) is 6.48 Å². The van der Waals surface area contributed by atoms with Gasteiger partial charge in [0.2, 0.25) is 0 Å². The van der Waals surface area contributed by atoms with Gasteiger partial charge in [0.05, 0.1) is 0 Å². The number of hydrogen-bond acceptors (Lipinski definition) is 2. The molecule has 2 heterocycles. The molecule has 74 valence electrons. The molecule has 1 aromatic rings. The molecule has 0 saturated heterocycles. The zero-order valence-electron chi connectivity index (χ0n) is 8.88. The van der Waals surface area contributed by atoms with Gasteiger partial charge in [0, 0.05) is 26.2 Å². The molecule has 0 fully saturated rings. The second kappa shape index (κ2) is 2.81. The van der Waals surface area contributed by atoms with Gasteiger partial charge >= 0.3 is 0 Å². The van der Waals surface area contributed by atoms with Crippen LogP contribution in [-0.2, 0) is 26.2 Å². The highest BCUT2D eigenvalue weighted by atomic mass is 15.1. The predicted octanol–water partition coefficient (Wildman–Crippen LogP) is 1.58. The maximum absolute atomic E-state index is 2.41. The minimum absolute atomic E-state index is 1.13. The Morgan fingerprint density at radius 3 is 1.29 bits per heavy atom. The van der Waals surface area contributed by atoms with Crippen LogP contribution in [0.4, 0.5) is 0 Å². The van der Waals surface area contributed by atoms with Crippen molar-refractivity contribution in [3.63, 3.8) is 0 Å². The zero-order valence-corrected chi connectivity index (χ0v) is 8.88. The lowest BCUT2D eigenvalue weighted by Gasteiger charge is -2.04. The summed E-state index contributed by atoms with van der Waals surface area (Å²) in [5.74, 6) is 0. The molecule has 2 aliphatic rings. The summed E-state index contributed by atoms with van der Waals surface area (Å²) < 4.78 is 0. The Bertz CT molecular complexity index is 316. The molecule has 1 aromatic carbocycles. The minimum Gasteiger partial charge on any atom is -0.298 e. The smallest absolute Gasteiger partial charge is 0.0237 e. The van der Waals surface area contributed by atoms with Gasteiger partial charge in [-0.3, -0.25) is 9.80 Å². The molecule has 2 heteroatoms. The van der Waals surface area contributed by atoms with Crippen LogP contribution in [0.1, 0.15) is 22.3 Å². The van der Waals surface area contributed by atoms with Crippen molar-refractivity contribution in [2.75, 3.05) is 14.1 Å². The summed E-state index contributed by atoms with van der Waals surface area (Å²) in [6.45, 7) is 4.53. The summed E-state index contributed by atoms with van der Waals surface area (Å²) in [7, 11) is 4.38. The summed E-state index contributed by atoms with van der Waals surface area (Å²) in [6.07, 6.45) is 0. The summed E-state index contributed by atoms with van der Waals surface area (Å²) in [4.78, 5) is 4.76. The second-order valence-corrected chi connectivity index (χ2v) is 4.73. The van der Waals surface area contributed by atoms with E-state index in [0.717, 1.165) is 26.2 Å². The van der Waals surface area contributed by atoms with Crippen LogP contribution in [-0.4, -0.2) is 23.9 Å². The highest BCUT2D eigenvalue weighted by molar-refractivity contribution is 5.42. The molecule has 14 heavy (non-hydrogen) atoms. The van der Waals surface area contributed by atoms with Crippen molar-refractivity contribution in [2.24, 2.45) is 0 Å². The largest absolute Gasteiger partial charge is 0.298 e. The SMILES string of the molecule is CN1Cc2cc3c(cc2C1)CN(C)C3. The van der Waals surface area contributed by atoms with Crippen LogP contribution in [0.2, 0.25) is 0 Å². The van der Waals surface area contributed by atoms with E-state index in [4.69, 9.17) is 0 Å². The molecule has 0 atom stereocenters. The van der Waals surface area contributed by atoms with Gasteiger partial charge in [0.25, 0.3) is 0 Å². The Labute approximate surface area is 85.1 Å². The molecule has 2 nitrogen and oxygen atoms in total. The van der Waals surface area contributed by atoms with Gasteiger partial charge in [-0.15, -0.1) is 0 Å². The maximum Gasteiger partial charge on any atom is 0.0237 e. The molecule has 2 aliphatic heterocycles. The first-order chi connectivity index (χ1) is 6.72. The average molecular weight is 188 g/mol. The van der Waals surface area contributed by atoms with Crippen molar-refractivity contribution < 1.29 is 0 Å². The van der Waals surface area contributed by atoms with E-state index in [0.29, 0.717) is 0 Å². The Hall–Kier alpha value is -0.860. The number of rotatable bonds is 0. The van der Waals surface area contributed by atoms with Gasteiger partial charge in [-0.1, -0.05) is 12.1 Å². The van der Waals surface area contributed by atoms with Gasteiger partial charge in [0.1, 0.15) is 0 Å². The fraction of sp³-hybridized carbons (Fsp3) is 0.500. The average Bonchev–Trinajstić information content (AvgIpc) is 2.59. The maximum atomic E-state index is 2.41. The summed E-state index contributed by atoms with van der Waals surface area (Å²) in [5, 5.41) is 0. The lowest BCUT2D eigenvalue weighted by atomic mass is 10.0. The van der Waals surface area contributed by atoms with Crippen LogP contribution in [0.5, 0.6) is 0 Å². The van der Waals surface area contributed by atoms with Gasteiger partial charge in [-0.05, 0) is 36.3 Å². The Morgan fingerprint density at radius 2 is 1.00 bits per heavy atom. The van der Waals surface area contributed by atoms with E-state index >= 15 is 0 Å². The van der Waals surface area contributed by atoms with Gasteiger partial charge in [-0.25, -0.2) is 0 Å². The molecule has 0 bridgehead atoms. The van der Waals surface area contributed by atoms with E-state index < -0.39 is 0 Å². The minimum atomic E-state index is 1.13. The van der Waals surface area contributed by atoms with E-state index in [-0.39, 0.29) is 0 Å². The molecule has 0 unspecified atom stereocenters. The molecule has 0 radical (unpaired) electrons. The molecule has 0 spiro atoms. The van der Waals surface area contributed by atoms with E-state index in [2.05, 4.69) is 36.0 Å². The van der Waals surface area contributed by atoms with Crippen LogP contribution < -0.4 is 0 Å². The van der Waals surface area contributed by atoms with Crippen molar-refractivity contribution in [3.05, 3.63) is 34.4 Å². The molecular weight excluding hydrogens is 172 g/mol. The first-order valence-electron chi connectivity index (χ1n) is 5.23. The van der Waals surface area contributed by atoms with Gasteiger partial charge in [-0.2, -0.15) is 0 Å². The highest BCUT2D eigenvalue weighted by Crippen LogP contribution is 2.29. The molecule has 3 rings (SSSR count). The van der Waals surface area contributed by atoms with Gasteiger partial charge < -0.3 is 0 Å². The lowest BCUT2D eigenvalue weighted by molar-refractivity contribution is 0.348. The van der Waals surface area contributed by atoms with Crippen LogP contribution in [0.25, 0.3) is 0 Å². The van der Waals surface area contributed by atoms with Crippen molar-refractivity contribution in [1.82, 2.24) is 9.80 Å². The third-order valence-electron chi connectivity index (χ3n) is 3.28. The van der Waals surface area contributed by atoms with E-state index in [1.165, 1.54) is 0 Å². The van der Waals surface area contributed by atoms with Crippen molar-refractivity contribution in [3.8, 4) is 0 Å². The molecule has 0 saturated carbocycles. The normalized spacial score (nSPS) is 21.3. The summed E-state index contributed by atoms with van der Waals surface area (Å²) in [6, 6.07) is 4.83. The lowest BCUT2D eigenvalue weighted by Crippen LogP contribution is -2.08. The van der Waals surface area contributed by atoms with Crippen LogP contribution in [0.15, 0.2) is 12.1 Å². The third-order valence-corrected chi connectivity index (χ3v) is 3.28. The molecule has 0 amide bonds. The van der Waals surface area contributed by atoms with Crippen LogP contribution in [0.3, 0.4) is 0 Å². The number of hydrogen-bond donors (Lipinski definition) is 0. The fourth-order valence-electron chi connectivity index (χ4n) is 2.66. The second-order valence-electron chi connectivity index (χ2n) is 4.73. The predicted molar refractivity (Wildman–Crippen MR) is 56.8 cm³/mol. The summed E-state index contributed by atoms with van der Waals surface area (Å²) >= 11 is 0. The number of fused-ring (bicyclic) bond motifs is 2. The van der Waals surface area contributed by atoms with E-state index in [1.807, 2.05) is 0 Å². The molecule has 0 aromatic heterocycles. The summed E-state index contributed by atoms with van der Waals surface area (Å²) in [5.41, 5.74) is 6.17. The monoisotopic (exact) mass is 188 g/mol. The standard InChI is InChI=1S/C12H16N2/c1-13-5-9-3-11-7-14(2)8-12(11)4-10(9)6-13/h3-4H,5-8H2,1-2H3. The van der Waals surface area contributed by atoms with Crippen molar-refractivity contribution in [1.29, 1.82) is 0 Å². The Balaban J connectivity index is 2.05. The van der Waals surface area contributed by atoms with Crippen molar-refractivity contribution in [2.45, 2.75) is 26.2 Å². The van der Waals surface area contributed by atoms with Crippen LogP contribution >= 0.6 is 0 Å². The molecule has 0 aliphatic carbocycles. The Morgan fingerprint density at radius 1 is 0.714 bits per heavy atom. The van der Waals surface area contributed by atoms with Crippen molar-refractivity contribution >= 4 is 0 Å². The first kappa shape index (κ1) is 8.45. The van der Waals surface area contributed by atoms with E-state index in [9.17, 15) is 0 Å².